The van der Waals surface area contributed by atoms with Crippen molar-refractivity contribution in [3.05, 3.63) is 36.7 Å². The number of hydrogen-bond acceptors (Lipinski definition) is 2. The second-order valence-corrected chi connectivity index (χ2v) is 3.04. The van der Waals surface area contributed by atoms with Crippen molar-refractivity contribution in [2.24, 2.45) is 0 Å². The predicted molar refractivity (Wildman–Crippen MR) is 50.7 cm³/mol. The first kappa shape index (κ1) is 14.0. The van der Waals surface area contributed by atoms with Gasteiger partial charge in [-0.05, 0) is 6.07 Å². The van der Waals surface area contributed by atoms with Crippen LogP contribution in [0.3, 0.4) is 0 Å². The molecule has 2 aromatic rings. The molecular weight excluding hydrogens is 245 g/mol. The fourth-order valence-electron chi connectivity index (χ4n) is 1.24. The molecule has 0 radical (unpaired) electrons. The molecule has 2 nitrogen and oxygen atoms in total. The molecule has 0 saturated carbocycles. The SMILES string of the molecule is F[B-](F)(F)c1cccc(-c2ncco2)c1.[K+]. The summed E-state index contributed by atoms with van der Waals surface area (Å²) >= 11 is 0. The van der Waals surface area contributed by atoms with E-state index in [0.29, 0.717) is 5.56 Å². The van der Waals surface area contributed by atoms with Crippen LogP contribution in [0, 0.1) is 0 Å². The quantitative estimate of drug-likeness (QED) is 0.666. The summed E-state index contributed by atoms with van der Waals surface area (Å²) in [6.07, 6.45) is 2.71. The van der Waals surface area contributed by atoms with Crippen LogP contribution < -0.4 is 56.8 Å². The van der Waals surface area contributed by atoms with Crippen LogP contribution in [0.2, 0.25) is 0 Å². The molecule has 16 heavy (non-hydrogen) atoms. The van der Waals surface area contributed by atoms with Crippen LogP contribution in [0.1, 0.15) is 0 Å². The Morgan fingerprint density at radius 3 is 2.50 bits per heavy atom. The second-order valence-electron chi connectivity index (χ2n) is 3.04. The third-order valence-electron chi connectivity index (χ3n) is 1.94. The topological polar surface area (TPSA) is 26.0 Å². The van der Waals surface area contributed by atoms with E-state index in [4.69, 9.17) is 4.42 Å². The Balaban J connectivity index is 0.00000128. The van der Waals surface area contributed by atoms with Crippen LogP contribution in [0.4, 0.5) is 12.9 Å². The molecule has 0 atom stereocenters. The van der Waals surface area contributed by atoms with Gasteiger partial charge in [-0.3, -0.25) is 0 Å². The van der Waals surface area contributed by atoms with Crippen LogP contribution >= 0.6 is 0 Å². The van der Waals surface area contributed by atoms with Crippen molar-refractivity contribution < 1.29 is 68.7 Å². The van der Waals surface area contributed by atoms with Crippen LogP contribution in [0.15, 0.2) is 41.1 Å². The van der Waals surface area contributed by atoms with Gasteiger partial charge in [0.1, 0.15) is 6.26 Å². The average molecular weight is 251 g/mol. The van der Waals surface area contributed by atoms with Crippen molar-refractivity contribution in [3.63, 3.8) is 0 Å². The van der Waals surface area contributed by atoms with Gasteiger partial charge in [-0.15, -0.1) is 5.46 Å². The normalized spacial score (nSPS) is 10.9. The standard InChI is InChI=1S/C9H6BF3NO.K/c11-10(12,13)8-3-1-2-7(6-8)9-14-4-5-15-9;/h1-6H;/q-1;+1. The largest absolute Gasteiger partial charge is 1.00 e. The molecule has 0 amide bonds. The van der Waals surface area contributed by atoms with Gasteiger partial charge >= 0.3 is 58.4 Å². The monoisotopic (exact) mass is 251 g/mol. The Kier molecular flexibility index (Phi) is 4.81. The van der Waals surface area contributed by atoms with E-state index in [2.05, 4.69) is 4.98 Å². The molecule has 0 spiro atoms. The molecule has 1 aromatic heterocycles. The van der Waals surface area contributed by atoms with E-state index < -0.39 is 12.4 Å². The number of nitrogens with zero attached hydrogens (tertiary/aromatic N) is 1. The van der Waals surface area contributed by atoms with Crippen LogP contribution in [0.25, 0.3) is 11.5 Å². The van der Waals surface area contributed by atoms with Crippen molar-refractivity contribution in [1.82, 2.24) is 4.98 Å². The van der Waals surface area contributed by atoms with Crippen molar-refractivity contribution in [3.8, 4) is 11.5 Å². The molecule has 78 valence electrons. The minimum Gasteiger partial charge on any atom is -0.445 e. The Morgan fingerprint density at radius 1 is 1.19 bits per heavy atom. The van der Waals surface area contributed by atoms with Crippen molar-refractivity contribution in [2.45, 2.75) is 0 Å². The molecule has 0 N–H and O–H groups in total. The summed E-state index contributed by atoms with van der Waals surface area (Å²) in [6, 6.07) is 4.93. The number of benzene rings is 1. The summed E-state index contributed by atoms with van der Waals surface area (Å²) in [5, 5.41) is 0. The maximum Gasteiger partial charge on any atom is 1.00 e. The molecule has 0 fully saturated rings. The third-order valence-corrected chi connectivity index (χ3v) is 1.94. The molecule has 1 heterocycles. The molecule has 0 aliphatic rings. The summed E-state index contributed by atoms with van der Waals surface area (Å²) in [7, 11) is 0. The van der Waals surface area contributed by atoms with Crippen LogP contribution in [-0.2, 0) is 0 Å². The first-order chi connectivity index (χ1) is 7.07. The van der Waals surface area contributed by atoms with Gasteiger partial charge in [0.2, 0.25) is 5.89 Å². The predicted octanol–water partition coefficient (Wildman–Crippen LogP) is -0.600. The summed E-state index contributed by atoms with van der Waals surface area (Å²) < 4.78 is 42.2. The first-order valence-electron chi connectivity index (χ1n) is 4.27. The summed E-state index contributed by atoms with van der Waals surface area (Å²) in [4.78, 5) is 3.78. The van der Waals surface area contributed by atoms with Gasteiger partial charge in [0.25, 0.3) is 0 Å². The van der Waals surface area contributed by atoms with Gasteiger partial charge in [0.05, 0.1) is 6.20 Å². The van der Waals surface area contributed by atoms with Gasteiger partial charge in [-0.1, -0.05) is 18.2 Å². The van der Waals surface area contributed by atoms with Gasteiger partial charge < -0.3 is 17.4 Å². The van der Waals surface area contributed by atoms with Gasteiger partial charge in [-0.2, -0.15) is 0 Å². The van der Waals surface area contributed by atoms with E-state index in [1.807, 2.05) is 0 Å². The fourth-order valence-corrected chi connectivity index (χ4v) is 1.24. The van der Waals surface area contributed by atoms with Crippen LogP contribution in [0.5, 0.6) is 0 Å². The van der Waals surface area contributed by atoms with Crippen molar-refractivity contribution in [1.29, 1.82) is 0 Å². The Labute approximate surface area is 133 Å². The molecule has 7 heteroatoms. The molecular formula is C9H6BF3KNO. The third kappa shape index (κ3) is 3.21. The van der Waals surface area contributed by atoms with Crippen molar-refractivity contribution >= 4 is 12.4 Å². The van der Waals surface area contributed by atoms with Gasteiger partial charge in [0, 0.05) is 5.56 Å². The molecule has 2 rings (SSSR count). The van der Waals surface area contributed by atoms with Gasteiger partial charge in [0.15, 0.2) is 0 Å². The Hall–Kier alpha value is -0.0787. The number of rotatable bonds is 2. The number of aromatic nitrogens is 1. The molecule has 0 saturated heterocycles. The minimum absolute atomic E-state index is 0. The molecule has 0 aliphatic heterocycles. The van der Waals surface area contributed by atoms with Crippen molar-refractivity contribution in [2.75, 3.05) is 0 Å². The zero-order valence-corrected chi connectivity index (χ0v) is 11.7. The van der Waals surface area contributed by atoms with E-state index in [-0.39, 0.29) is 57.3 Å². The number of halogens is 3. The summed E-state index contributed by atoms with van der Waals surface area (Å²) in [5.74, 6) is 0.192. The maximum atomic E-state index is 12.4. The second kappa shape index (κ2) is 5.50. The average Bonchev–Trinajstić information content (AvgIpc) is 2.69. The van der Waals surface area contributed by atoms with E-state index in [0.717, 1.165) is 12.1 Å². The van der Waals surface area contributed by atoms with Crippen LogP contribution in [-0.4, -0.2) is 12.0 Å². The Morgan fingerprint density at radius 2 is 1.94 bits per heavy atom. The number of oxazole rings is 1. The smallest absolute Gasteiger partial charge is 0.445 e. The Bertz CT molecular complexity index is 458. The molecule has 0 aliphatic carbocycles. The van der Waals surface area contributed by atoms with Gasteiger partial charge in [-0.25, -0.2) is 4.98 Å². The molecule has 0 bridgehead atoms. The van der Waals surface area contributed by atoms with E-state index in [1.54, 1.807) is 0 Å². The fraction of sp³-hybridized carbons (Fsp3) is 0. The number of hydrogen-bond donors (Lipinski definition) is 0. The zero-order chi connectivity index (χ0) is 10.9. The summed E-state index contributed by atoms with van der Waals surface area (Å²) in [5.41, 5.74) is -0.317. The summed E-state index contributed by atoms with van der Waals surface area (Å²) in [6.45, 7) is -4.98. The van der Waals surface area contributed by atoms with E-state index in [1.165, 1.54) is 24.6 Å². The maximum absolute atomic E-state index is 12.4. The van der Waals surface area contributed by atoms with E-state index in [9.17, 15) is 12.9 Å². The minimum atomic E-state index is -4.98. The molecule has 0 unspecified atom stereocenters. The van der Waals surface area contributed by atoms with E-state index >= 15 is 0 Å². The molecule has 1 aromatic carbocycles. The first-order valence-corrected chi connectivity index (χ1v) is 4.27. The zero-order valence-electron chi connectivity index (χ0n) is 8.53.